The van der Waals surface area contributed by atoms with Crippen LogP contribution in [0.25, 0.3) is 11.8 Å². The Balaban J connectivity index is 1.26. The van der Waals surface area contributed by atoms with Crippen molar-refractivity contribution in [3.8, 4) is 11.4 Å². The molecule has 5 rings (SSSR count). The normalized spacial score (nSPS) is 14.4. The third-order valence-corrected chi connectivity index (χ3v) is 7.67. The van der Waals surface area contributed by atoms with Crippen molar-refractivity contribution >= 4 is 29.0 Å². The third kappa shape index (κ3) is 5.99. The molecular formula is C32H29FN2O3S. The summed E-state index contributed by atoms with van der Waals surface area (Å²) in [5.41, 5.74) is 5.49. The molecule has 0 bridgehead atoms. The van der Waals surface area contributed by atoms with Crippen molar-refractivity contribution < 1.29 is 18.7 Å². The number of ether oxygens (including phenoxy) is 1. The Bertz CT molecular complexity index is 1530. The van der Waals surface area contributed by atoms with E-state index >= 15 is 0 Å². The first-order valence-electron chi connectivity index (χ1n) is 12.9. The highest BCUT2D eigenvalue weighted by Gasteiger charge is 2.34. The first-order valence-corrected chi connectivity index (χ1v) is 13.7. The molecule has 2 amide bonds. The van der Waals surface area contributed by atoms with E-state index in [1.54, 1.807) is 18.2 Å². The summed E-state index contributed by atoms with van der Waals surface area (Å²) in [5.74, 6) is 0.120. The smallest absolute Gasteiger partial charge is 0.293 e. The summed E-state index contributed by atoms with van der Waals surface area (Å²) < 4.78 is 21.7. The number of aryl methyl sites for hydroxylation is 2. The van der Waals surface area contributed by atoms with Crippen molar-refractivity contribution in [2.75, 3.05) is 6.54 Å². The molecule has 2 heterocycles. The Morgan fingerprint density at radius 3 is 2.38 bits per heavy atom. The summed E-state index contributed by atoms with van der Waals surface area (Å²) >= 11 is 0.995. The lowest BCUT2D eigenvalue weighted by molar-refractivity contribution is -0.122. The van der Waals surface area contributed by atoms with Crippen molar-refractivity contribution in [1.82, 2.24) is 9.47 Å². The van der Waals surface area contributed by atoms with Crippen molar-refractivity contribution in [1.29, 1.82) is 0 Å². The monoisotopic (exact) mass is 540 g/mol. The molecule has 5 nitrogen and oxygen atoms in total. The summed E-state index contributed by atoms with van der Waals surface area (Å²) in [7, 11) is 0. The van der Waals surface area contributed by atoms with Crippen LogP contribution in [0.15, 0.2) is 89.8 Å². The number of amides is 2. The molecule has 3 aromatic carbocycles. The largest absolute Gasteiger partial charge is 0.489 e. The van der Waals surface area contributed by atoms with Crippen LogP contribution in [0.3, 0.4) is 0 Å². The van der Waals surface area contributed by atoms with E-state index in [1.807, 2.05) is 68.5 Å². The van der Waals surface area contributed by atoms with E-state index in [0.29, 0.717) is 22.8 Å². The molecule has 1 fully saturated rings. The molecule has 1 aliphatic rings. The average molecular weight is 541 g/mol. The van der Waals surface area contributed by atoms with Gasteiger partial charge in [0.1, 0.15) is 18.2 Å². The highest BCUT2D eigenvalue weighted by molar-refractivity contribution is 8.18. The zero-order valence-corrected chi connectivity index (χ0v) is 22.7. The van der Waals surface area contributed by atoms with Gasteiger partial charge in [-0.1, -0.05) is 48.5 Å². The van der Waals surface area contributed by atoms with Crippen LogP contribution >= 0.6 is 11.8 Å². The number of hydrogen-bond donors (Lipinski definition) is 0. The fourth-order valence-electron chi connectivity index (χ4n) is 4.72. The molecule has 39 heavy (non-hydrogen) atoms. The van der Waals surface area contributed by atoms with E-state index in [9.17, 15) is 14.0 Å². The molecule has 1 saturated heterocycles. The highest BCUT2D eigenvalue weighted by Crippen LogP contribution is 2.34. The molecule has 0 atom stereocenters. The minimum atomic E-state index is -0.287. The second-order valence-electron chi connectivity index (χ2n) is 9.46. The Labute approximate surface area is 231 Å². The van der Waals surface area contributed by atoms with E-state index in [0.717, 1.165) is 47.2 Å². The number of carbonyl (C=O) groups is 2. The number of rotatable bonds is 9. The Kier molecular flexibility index (Phi) is 7.98. The topological polar surface area (TPSA) is 51.5 Å². The van der Waals surface area contributed by atoms with Crippen LogP contribution in [0.4, 0.5) is 9.18 Å². The summed E-state index contributed by atoms with van der Waals surface area (Å²) in [6, 6.07) is 26.2. The lowest BCUT2D eigenvalue weighted by Gasteiger charge is -2.12. The van der Waals surface area contributed by atoms with Crippen LogP contribution in [0.1, 0.15) is 34.5 Å². The lowest BCUT2D eigenvalue weighted by Crippen LogP contribution is -2.29. The molecule has 0 saturated carbocycles. The number of aromatic nitrogens is 1. The van der Waals surface area contributed by atoms with Gasteiger partial charge in [0.05, 0.1) is 4.91 Å². The van der Waals surface area contributed by atoms with Crippen LogP contribution in [-0.2, 0) is 17.8 Å². The van der Waals surface area contributed by atoms with Crippen LogP contribution in [0.2, 0.25) is 0 Å². The van der Waals surface area contributed by atoms with Crippen molar-refractivity contribution in [3.05, 3.63) is 124 Å². The maximum atomic E-state index is 13.9. The molecule has 1 aliphatic heterocycles. The number of hydrogen-bond acceptors (Lipinski definition) is 4. The van der Waals surface area contributed by atoms with Gasteiger partial charge in [0.15, 0.2) is 0 Å². The van der Waals surface area contributed by atoms with Crippen LogP contribution in [-0.4, -0.2) is 27.2 Å². The average Bonchev–Trinajstić information content (AvgIpc) is 3.37. The van der Waals surface area contributed by atoms with Gasteiger partial charge >= 0.3 is 0 Å². The summed E-state index contributed by atoms with van der Waals surface area (Å²) in [4.78, 5) is 27.4. The minimum Gasteiger partial charge on any atom is -0.489 e. The zero-order valence-electron chi connectivity index (χ0n) is 21.9. The number of thioether (sulfide) groups is 1. The highest BCUT2D eigenvalue weighted by atomic mass is 32.2. The second kappa shape index (κ2) is 11.7. The van der Waals surface area contributed by atoms with E-state index in [-0.39, 0.29) is 23.6 Å². The quantitative estimate of drug-likeness (QED) is 0.207. The van der Waals surface area contributed by atoms with Gasteiger partial charge in [0.2, 0.25) is 0 Å². The van der Waals surface area contributed by atoms with Crippen LogP contribution < -0.4 is 4.74 Å². The molecule has 0 spiro atoms. The third-order valence-electron chi connectivity index (χ3n) is 6.77. The van der Waals surface area contributed by atoms with Crippen molar-refractivity contribution in [3.63, 3.8) is 0 Å². The number of carbonyl (C=O) groups excluding carboxylic acids is 2. The standard InChI is InChI=1S/C32H29FN2O3S/c1-22-19-26(20-30-31(36)34(32(37)39-30)18-8-11-24-9-4-3-5-10-24)23(2)35(22)27-14-16-28(17-15-27)38-21-25-12-6-7-13-29(25)33/h3-7,9-10,12-17,19-20H,8,11,18,21H2,1-2H3/b30-20+. The fraction of sp³-hybridized carbons (Fsp3) is 0.188. The maximum absolute atomic E-state index is 13.9. The van der Waals surface area contributed by atoms with E-state index in [2.05, 4.69) is 16.7 Å². The summed E-state index contributed by atoms with van der Waals surface area (Å²) in [5, 5.41) is -0.223. The molecule has 7 heteroatoms. The molecule has 0 aliphatic carbocycles. The molecular weight excluding hydrogens is 511 g/mol. The van der Waals surface area contributed by atoms with E-state index in [1.165, 1.54) is 16.5 Å². The maximum Gasteiger partial charge on any atom is 0.293 e. The predicted molar refractivity (Wildman–Crippen MR) is 153 cm³/mol. The van der Waals surface area contributed by atoms with E-state index in [4.69, 9.17) is 4.74 Å². The van der Waals surface area contributed by atoms with Gasteiger partial charge in [-0.05, 0) is 92.1 Å². The second-order valence-corrected chi connectivity index (χ2v) is 10.5. The lowest BCUT2D eigenvalue weighted by atomic mass is 10.1. The molecule has 0 radical (unpaired) electrons. The fourth-order valence-corrected chi connectivity index (χ4v) is 5.57. The van der Waals surface area contributed by atoms with Crippen molar-refractivity contribution in [2.45, 2.75) is 33.3 Å². The summed E-state index contributed by atoms with van der Waals surface area (Å²) in [6.07, 6.45) is 3.35. The molecule has 1 aromatic heterocycles. The molecule has 0 unspecified atom stereocenters. The van der Waals surface area contributed by atoms with Gasteiger partial charge in [-0.25, -0.2) is 4.39 Å². The zero-order chi connectivity index (χ0) is 27.4. The molecule has 198 valence electrons. The Morgan fingerprint density at radius 2 is 1.64 bits per heavy atom. The van der Waals surface area contributed by atoms with Gasteiger partial charge in [-0.3, -0.25) is 14.5 Å². The predicted octanol–water partition coefficient (Wildman–Crippen LogP) is 7.48. The van der Waals surface area contributed by atoms with Gasteiger partial charge in [-0.2, -0.15) is 0 Å². The molecule has 4 aromatic rings. The van der Waals surface area contributed by atoms with Crippen LogP contribution in [0.5, 0.6) is 5.75 Å². The van der Waals surface area contributed by atoms with Gasteiger partial charge in [-0.15, -0.1) is 0 Å². The van der Waals surface area contributed by atoms with Gasteiger partial charge in [0.25, 0.3) is 11.1 Å². The minimum absolute atomic E-state index is 0.152. The SMILES string of the molecule is Cc1cc(/C=C2/SC(=O)N(CCCc3ccccc3)C2=O)c(C)n1-c1ccc(OCc2ccccc2F)cc1. The van der Waals surface area contributed by atoms with Crippen molar-refractivity contribution in [2.24, 2.45) is 0 Å². The Morgan fingerprint density at radius 1 is 0.923 bits per heavy atom. The number of nitrogens with zero attached hydrogens (tertiary/aromatic N) is 2. The van der Waals surface area contributed by atoms with Crippen LogP contribution in [0, 0.1) is 19.7 Å². The number of imide groups is 1. The van der Waals surface area contributed by atoms with Gasteiger partial charge < -0.3 is 9.30 Å². The van der Waals surface area contributed by atoms with E-state index < -0.39 is 0 Å². The summed E-state index contributed by atoms with van der Waals surface area (Å²) in [6.45, 7) is 4.55. The molecule has 0 N–H and O–H groups in total. The van der Waals surface area contributed by atoms with Gasteiger partial charge in [0, 0.05) is 29.2 Å². The first-order chi connectivity index (χ1) is 18.9. The number of benzene rings is 3. The Hall–Kier alpha value is -4.10. The first kappa shape index (κ1) is 26.5. The number of halogens is 1.